The molecule has 24 heavy (non-hydrogen) atoms. The van der Waals surface area contributed by atoms with Crippen LogP contribution in [0.25, 0.3) is 10.9 Å². The summed E-state index contributed by atoms with van der Waals surface area (Å²) >= 11 is 0. The van der Waals surface area contributed by atoms with Crippen molar-refractivity contribution in [2.45, 2.75) is 17.3 Å². The van der Waals surface area contributed by atoms with E-state index in [1.54, 1.807) is 18.2 Å². The van der Waals surface area contributed by atoms with Gasteiger partial charge in [0.1, 0.15) is 0 Å². The van der Waals surface area contributed by atoms with Crippen molar-refractivity contribution in [1.82, 2.24) is 3.97 Å². The Labute approximate surface area is 143 Å². The lowest BCUT2D eigenvalue weighted by molar-refractivity contribution is 0.283. The fraction of sp³-hybridized carbons (Fsp3) is 0.176. The van der Waals surface area contributed by atoms with E-state index >= 15 is 0 Å². The smallest absolute Gasteiger partial charge is 0.236 e. The Morgan fingerprint density at radius 3 is 2.42 bits per heavy atom. The summed E-state index contributed by atoms with van der Waals surface area (Å²) in [6.45, 7) is -0.249. The molecular formula is C17H17NO4S2. The fourth-order valence-corrected chi connectivity index (χ4v) is 4.89. The van der Waals surface area contributed by atoms with Crippen LogP contribution in [0.3, 0.4) is 0 Å². The second-order valence-electron chi connectivity index (χ2n) is 5.50. The molecule has 3 aromatic rings. The van der Waals surface area contributed by atoms with Crippen molar-refractivity contribution in [2.75, 3.05) is 6.26 Å². The first-order valence-corrected chi connectivity index (χ1v) is 10.4. The molecule has 0 aliphatic carbocycles. The maximum Gasteiger partial charge on any atom is 0.236 e. The third-order valence-corrected chi connectivity index (χ3v) is 6.17. The van der Waals surface area contributed by atoms with Gasteiger partial charge in [-0.05, 0) is 17.2 Å². The van der Waals surface area contributed by atoms with Crippen molar-refractivity contribution in [3.8, 4) is 0 Å². The number of fused-ring (bicyclic) bond motifs is 1. The zero-order chi connectivity index (χ0) is 17.3. The van der Waals surface area contributed by atoms with E-state index in [1.165, 1.54) is 6.20 Å². The molecule has 1 aromatic heterocycles. The van der Waals surface area contributed by atoms with Crippen molar-refractivity contribution < 1.29 is 17.7 Å². The SMILES string of the molecule is CS(=O)(=O)n1cc(S(=O)Cc2ccccc2)c2c(CO)cccc21. The number of aliphatic hydroxyl groups is 1. The van der Waals surface area contributed by atoms with E-state index in [2.05, 4.69) is 0 Å². The van der Waals surface area contributed by atoms with Gasteiger partial charge in [0.15, 0.2) is 0 Å². The summed E-state index contributed by atoms with van der Waals surface area (Å²) < 4.78 is 38.1. The van der Waals surface area contributed by atoms with Crippen molar-refractivity contribution in [3.63, 3.8) is 0 Å². The van der Waals surface area contributed by atoms with Gasteiger partial charge in [-0.2, -0.15) is 0 Å². The standard InChI is InChI=1S/C17H17NO4S2/c1-24(21,22)18-10-16(17-14(11-19)8-5-9-15(17)18)23(20)12-13-6-3-2-4-7-13/h2-10,19H,11-12H2,1H3. The number of aromatic nitrogens is 1. The number of nitrogens with zero attached hydrogens (tertiary/aromatic N) is 1. The topological polar surface area (TPSA) is 76.4 Å². The molecule has 0 bridgehead atoms. The maximum atomic E-state index is 12.9. The Balaban J connectivity index is 2.18. The van der Waals surface area contributed by atoms with Crippen LogP contribution >= 0.6 is 0 Å². The van der Waals surface area contributed by atoms with E-state index in [1.807, 2.05) is 30.3 Å². The van der Waals surface area contributed by atoms with E-state index < -0.39 is 20.8 Å². The van der Waals surface area contributed by atoms with Crippen molar-refractivity contribution in [3.05, 3.63) is 65.9 Å². The first-order chi connectivity index (χ1) is 11.4. The predicted molar refractivity (Wildman–Crippen MR) is 94.7 cm³/mol. The maximum absolute atomic E-state index is 12.9. The number of benzene rings is 2. The van der Waals surface area contributed by atoms with Crippen molar-refractivity contribution >= 4 is 31.7 Å². The number of hydrogen-bond acceptors (Lipinski definition) is 4. The zero-order valence-electron chi connectivity index (χ0n) is 13.0. The predicted octanol–water partition coefficient (Wildman–Crippen LogP) is 2.25. The molecule has 0 radical (unpaired) electrons. The Hall–Kier alpha value is -1.96. The minimum Gasteiger partial charge on any atom is -0.392 e. The van der Waals surface area contributed by atoms with Gasteiger partial charge in [0.05, 0.1) is 39.8 Å². The van der Waals surface area contributed by atoms with E-state index in [0.717, 1.165) is 15.8 Å². The average Bonchev–Trinajstić information content (AvgIpc) is 2.95. The number of aliphatic hydroxyl groups excluding tert-OH is 1. The number of hydrogen-bond donors (Lipinski definition) is 1. The van der Waals surface area contributed by atoms with Crippen LogP contribution in [-0.4, -0.2) is 28.0 Å². The Morgan fingerprint density at radius 2 is 1.79 bits per heavy atom. The van der Waals surface area contributed by atoms with Crippen LogP contribution < -0.4 is 0 Å². The highest BCUT2D eigenvalue weighted by Gasteiger charge is 2.20. The summed E-state index contributed by atoms with van der Waals surface area (Å²) in [4.78, 5) is 0.420. The highest BCUT2D eigenvalue weighted by atomic mass is 32.2. The van der Waals surface area contributed by atoms with Gasteiger partial charge in [-0.15, -0.1) is 0 Å². The first-order valence-electron chi connectivity index (χ1n) is 7.28. The van der Waals surface area contributed by atoms with Gasteiger partial charge in [0, 0.05) is 11.6 Å². The lowest BCUT2D eigenvalue weighted by Gasteiger charge is -2.05. The summed E-state index contributed by atoms with van der Waals surface area (Å²) in [6.07, 6.45) is 2.50. The quantitative estimate of drug-likeness (QED) is 0.754. The van der Waals surface area contributed by atoms with Crippen LogP contribution in [-0.2, 0) is 33.2 Å². The van der Waals surface area contributed by atoms with Gasteiger partial charge in [-0.3, -0.25) is 4.21 Å². The lowest BCUT2D eigenvalue weighted by atomic mass is 10.1. The van der Waals surface area contributed by atoms with E-state index in [9.17, 15) is 17.7 Å². The molecule has 126 valence electrons. The molecule has 5 nitrogen and oxygen atoms in total. The minimum atomic E-state index is -3.54. The Kier molecular flexibility index (Phi) is 4.58. The largest absolute Gasteiger partial charge is 0.392 e. The van der Waals surface area contributed by atoms with Gasteiger partial charge in [0.25, 0.3) is 0 Å². The molecular weight excluding hydrogens is 346 g/mol. The molecule has 1 atom stereocenters. The summed E-state index contributed by atoms with van der Waals surface area (Å²) in [5.74, 6) is 0.281. The second-order valence-corrected chi connectivity index (χ2v) is 8.78. The molecule has 0 aliphatic rings. The zero-order valence-corrected chi connectivity index (χ0v) is 14.7. The van der Waals surface area contributed by atoms with Crippen LogP contribution in [0.5, 0.6) is 0 Å². The average molecular weight is 363 g/mol. The highest BCUT2D eigenvalue weighted by Crippen LogP contribution is 2.30. The third-order valence-electron chi connectivity index (χ3n) is 3.76. The van der Waals surface area contributed by atoms with Gasteiger partial charge < -0.3 is 5.11 Å². The molecule has 0 amide bonds. The van der Waals surface area contributed by atoms with Crippen molar-refractivity contribution in [2.24, 2.45) is 0 Å². The molecule has 0 fully saturated rings. The molecule has 2 aromatic carbocycles. The summed E-state index contributed by atoms with van der Waals surface area (Å²) in [7, 11) is -4.97. The van der Waals surface area contributed by atoms with Crippen LogP contribution in [0, 0.1) is 0 Å². The van der Waals surface area contributed by atoms with Crippen LogP contribution in [0.4, 0.5) is 0 Å². The Morgan fingerprint density at radius 1 is 1.08 bits per heavy atom. The van der Waals surface area contributed by atoms with E-state index in [0.29, 0.717) is 21.4 Å². The first kappa shape index (κ1) is 16.9. The number of rotatable bonds is 5. The monoisotopic (exact) mass is 363 g/mol. The highest BCUT2D eigenvalue weighted by molar-refractivity contribution is 7.89. The van der Waals surface area contributed by atoms with Gasteiger partial charge in [-0.25, -0.2) is 12.4 Å². The molecule has 1 N–H and O–H groups in total. The summed E-state index contributed by atoms with van der Waals surface area (Å²) in [5.41, 5.74) is 1.89. The van der Waals surface area contributed by atoms with Crippen LogP contribution in [0.1, 0.15) is 11.1 Å². The summed E-state index contributed by atoms with van der Waals surface area (Å²) in [5, 5.41) is 10.1. The normalized spacial score (nSPS) is 13.2. The van der Waals surface area contributed by atoms with E-state index in [-0.39, 0.29) is 12.4 Å². The molecule has 0 spiro atoms. The minimum absolute atomic E-state index is 0.249. The molecule has 7 heteroatoms. The van der Waals surface area contributed by atoms with Gasteiger partial charge >= 0.3 is 0 Å². The lowest BCUT2D eigenvalue weighted by Crippen LogP contribution is -2.08. The van der Waals surface area contributed by atoms with E-state index in [4.69, 9.17) is 0 Å². The molecule has 1 unspecified atom stereocenters. The molecule has 0 saturated carbocycles. The fourth-order valence-electron chi connectivity index (χ4n) is 2.68. The molecule has 0 aliphatic heterocycles. The van der Waals surface area contributed by atoms with Crippen LogP contribution in [0.15, 0.2) is 59.6 Å². The van der Waals surface area contributed by atoms with Crippen LogP contribution in [0.2, 0.25) is 0 Å². The summed E-state index contributed by atoms with van der Waals surface area (Å²) in [6, 6.07) is 14.4. The second kappa shape index (κ2) is 6.51. The Bertz CT molecular complexity index is 1010. The molecule has 3 rings (SSSR count). The van der Waals surface area contributed by atoms with Crippen molar-refractivity contribution in [1.29, 1.82) is 0 Å². The molecule has 0 saturated heterocycles. The molecule has 1 heterocycles. The third kappa shape index (κ3) is 3.15. The van der Waals surface area contributed by atoms with Gasteiger partial charge in [0.2, 0.25) is 10.0 Å². The van der Waals surface area contributed by atoms with Gasteiger partial charge in [-0.1, -0.05) is 42.5 Å².